The lowest BCUT2D eigenvalue weighted by atomic mass is 10.0. The quantitative estimate of drug-likeness (QED) is 0.582. The Morgan fingerprint density at radius 2 is 1.82 bits per heavy atom. The molecule has 0 aliphatic carbocycles. The van der Waals surface area contributed by atoms with Crippen LogP contribution >= 0.6 is 11.3 Å². The Morgan fingerprint density at radius 1 is 1.05 bits per heavy atom. The average molecular weight is 306 g/mol. The molecule has 0 unspecified atom stereocenters. The molecule has 0 saturated heterocycles. The molecule has 0 radical (unpaired) electrons. The van der Waals surface area contributed by atoms with Gasteiger partial charge in [0.1, 0.15) is 5.01 Å². The lowest BCUT2D eigenvalue weighted by Gasteiger charge is -2.05. The highest BCUT2D eigenvalue weighted by Gasteiger charge is 2.19. The first kappa shape index (κ1) is 13.0. The summed E-state index contributed by atoms with van der Waals surface area (Å²) in [5, 5.41) is 8.16. The topological polar surface area (TPSA) is 67.6 Å². The van der Waals surface area contributed by atoms with Crippen molar-refractivity contribution in [1.29, 1.82) is 0 Å². The predicted octanol–water partition coefficient (Wildman–Crippen LogP) is 4.24. The summed E-state index contributed by atoms with van der Waals surface area (Å²) >= 11 is 1.63. The summed E-state index contributed by atoms with van der Waals surface area (Å²) in [5.74, 6) is 0.484. The van der Waals surface area contributed by atoms with Crippen molar-refractivity contribution in [2.24, 2.45) is 0 Å². The van der Waals surface area contributed by atoms with E-state index in [4.69, 9.17) is 10.7 Å². The molecular formula is C17H14N4S. The summed E-state index contributed by atoms with van der Waals surface area (Å²) in [6.07, 6.45) is 0. The molecule has 22 heavy (non-hydrogen) atoms. The number of hydrogen-bond acceptors (Lipinski definition) is 4. The number of aromatic nitrogens is 3. The number of fused-ring (bicyclic) bond motifs is 1. The highest BCUT2D eigenvalue weighted by molar-refractivity contribution is 7.21. The fourth-order valence-electron chi connectivity index (χ4n) is 2.60. The van der Waals surface area contributed by atoms with Crippen LogP contribution in [0.4, 0.5) is 5.82 Å². The Morgan fingerprint density at radius 3 is 2.64 bits per heavy atom. The lowest BCUT2D eigenvalue weighted by Crippen LogP contribution is -1.89. The summed E-state index contributed by atoms with van der Waals surface area (Å²) in [5.41, 5.74) is 11.2. The van der Waals surface area contributed by atoms with Crippen molar-refractivity contribution in [3.8, 4) is 21.8 Å². The lowest BCUT2D eigenvalue weighted by molar-refractivity contribution is 1.10. The zero-order chi connectivity index (χ0) is 15.1. The Kier molecular flexibility index (Phi) is 2.94. The third-order valence-electron chi connectivity index (χ3n) is 3.72. The predicted molar refractivity (Wildman–Crippen MR) is 91.8 cm³/mol. The van der Waals surface area contributed by atoms with E-state index in [0.29, 0.717) is 5.82 Å². The molecule has 0 amide bonds. The van der Waals surface area contributed by atoms with Gasteiger partial charge in [-0.25, -0.2) is 4.98 Å². The Hall–Kier alpha value is -2.66. The fraction of sp³-hybridized carbons (Fsp3) is 0.0588. The minimum Gasteiger partial charge on any atom is -0.382 e. The van der Waals surface area contributed by atoms with Gasteiger partial charge in [0.2, 0.25) is 0 Å². The Balaban J connectivity index is 1.96. The first-order chi connectivity index (χ1) is 10.7. The van der Waals surface area contributed by atoms with Gasteiger partial charge in [-0.15, -0.1) is 11.3 Å². The highest BCUT2D eigenvalue weighted by Crippen LogP contribution is 2.39. The number of thiazole rings is 1. The van der Waals surface area contributed by atoms with Gasteiger partial charge in [0, 0.05) is 5.56 Å². The fourth-order valence-corrected chi connectivity index (χ4v) is 3.63. The monoisotopic (exact) mass is 306 g/mol. The van der Waals surface area contributed by atoms with Gasteiger partial charge in [-0.1, -0.05) is 36.4 Å². The molecule has 0 fully saturated rings. The van der Waals surface area contributed by atoms with E-state index < -0.39 is 0 Å². The van der Waals surface area contributed by atoms with Crippen LogP contribution in [0.5, 0.6) is 0 Å². The maximum atomic E-state index is 6.11. The zero-order valence-electron chi connectivity index (χ0n) is 12.0. The van der Waals surface area contributed by atoms with Gasteiger partial charge >= 0.3 is 0 Å². The number of hydrogen-bond donors (Lipinski definition) is 2. The number of nitrogens with one attached hydrogen (secondary N) is 1. The van der Waals surface area contributed by atoms with Gasteiger partial charge in [0.25, 0.3) is 0 Å². The van der Waals surface area contributed by atoms with Crippen molar-refractivity contribution in [2.75, 3.05) is 5.73 Å². The third-order valence-corrected chi connectivity index (χ3v) is 4.77. The van der Waals surface area contributed by atoms with E-state index in [-0.39, 0.29) is 0 Å². The highest BCUT2D eigenvalue weighted by atomic mass is 32.1. The SMILES string of the molecule is Cc1ccccc1-c1[nH]nc(N)c1-c1nc2ccccc2s1. The number of nitrogens with zero attached hydrogens (tertiary/aromatic N) is 2. The second-order valence-electron chi connectivity index (χ2n) is 5.16. The minimum atomic E-state index is 0.484. The summed E-state index contributed by atoms with van der Waals surface area (Å²) in [6.45, 7) is 2.08. The van der Waals surface area contributed by atoms with Crippen LogP contribution in [0.15, 0.2) is 48.5 Å². The average Bonchev–Trinajstić information content (AvgIpc) is 3.10. The van der Waals surface area contributed by atoms with Crippen LogP contribution in [0.2, 0.25) is 0 Å². The van der Waals surface area contributed by atoms with E-state index in [2.05, 4.69) is 35.3 Å². The smallest absolute Gasteiger partial charge is 0.156 e. The van der Waals surface area contributed by atoms with Crippen molar-refractivity contribution in [3.05, 3.63) is 54.1 Å². The molecule has 2 aromatic heterocycles. The van der Waals surface area contributed by atoms with E-state index in [0.717, 1.165) is 32.0 Å². The number of nitrogens with two attached hydrogens (primary N) is 1. The summed E-state index contributed by atoms with van der Waals surface area (Å²) in [6, 6.07) is 16.3. The number of benzene rings is 2. The molecular weight excluding hydrogens is 292 g/mol. The van der Waals surface area contributed by atoms with Crippen LogP contribution < -0.4 is 5.73 Å². The standard InChI is InChI=1S/C17H14N4S/c1-10-6-2-3-7-11(10)15-14(16(18)21-20-15)17-19-12-8-4-5-9-13(12)22-17/h2-9H,1H3,(H3,18,20,21). The van der Waals surface area contributed by atoms with Gasteiger partial charge in [-0.3, -0.25) is 5.10 Å². The van der Waals surface area contributed by atoms with Crippen LogP contribution in [0.3, 0.4) is 0 Å². The first-order valence-electron chi connectivity index (χ1n) is 7.00. The molecule has 0 atom stereocenters. The van der Waals surface area contributed by atoms with E-state index in [1.165, 1.54) is 5.56 Å². The zero-order valence-corrected chi connectivity index (χ0v) is 12.8. The molecule has 0 spiro atoms. The normalized spacial score (nSPS) is 11.1. The van der Waals surface area contributed by atoms with Gasteiger partial charge in [-0.2, -0.15) is 5.10 Å². The molecule has 2 heterocycles. The van der Waals surface area contributed by atoms with Crippen LogP contribution in [0.25, 0.3) is 32.0 Å². The molecule has 3 N–H and O–H groups in total. The van der Waals surface area contributed by atoms with Crippen molar-refractivity contribution in [3.63, 3.8) is 0 Å². The maximum Gasteiger partial charge on any atom is 0.156 e. The van der Waals surface area contributed by atoms with Crippen LogP contribution in [-0.2, 0) is 0 Å². The Labute approximate surface area is 131 Å². The van der Waals surface area contributed by atoms with E-state index in [1.54, 1.807) is 11.3 Å². The van der Waals surface area contributed by atoms with E-state index >= 15 is 0 Å². The van der Waals surface area contributed by atoms with Crippen LogP contribution in [-0.4, -0.2) is 15.2 Å². The number of aryl methyl sites for hydroxylation is 1. The van der Waals surface area contributed by atoms with Crippen molar-refractivity contribution in [2.45, 2.75) is 6.92 Å². The molecule has 0 aliphatic rings. The largest absolute Gasteiger partial charge is 0.382 e. The van der Waals surface area contributed by atoms with Crippen LogP contribution in [0, 0.1) is 6.92 Å². The van der Waals surface area contributed by atoms with Gasteiger partial charge < -0.3 is 5.73 Å². The van der Waals surface area contributed by atoms with E-state index in [1.807, 2.05) is 30.3 Å². The van der Waals surface area contributed by atoms with Gasteiger partial charge in [-0.05, 0) is 24.6 Å². The molecule has 4 aromatic rings. The number of H-pyrrole nitrogens is 1. The van der Waals surface area contributed by atoms with Crippen molar-refractivity contribution < 1.29 is 0 Å². The summed E-state index contributed by atoms with van der Waals surface area (Å²) in [7, 11) is 0. The molecule has 4 rings (SSSR count). The third kappa shape index (κ3) is 1.98. The first-order valence-corrected chi connectivity index (χ1v) is 7.81. The second-order valence-corrected chi connectivity index (χ2v) is 6.19. The number of para-hydroxylation sites is 1. The minimum absolute atomic E-state index is 0.484. The Bertz CT molecular complexity index is 935. The summed E-state index contributed by atoms with van der Waals surface area (Å²) < 4.78 is 1.15. The maximum absolute atomic E-state index is 6.11. The van der Waals surface area contributed by atoms with Crippen LogP contribution in [0.1, 0.15) is 5.56 Å². The molecule has 0 aliphatic heterocycles. The molecule has 5 heteroatoms. The van der Waals surface area contributed by atoms with Gasteiger partial charge in [0.15, 0.2) is 5.82 Å². The summed E-state index contributed by atoms with van der Waals surface area (Å²) in [4.78, 5) is 4.71. The van der Waals surface area contributed by atoms with Crippen molar-refractivity contribution in [1.82, 2.24) is 15.2 Å². The van der Waals surface area contributed by atoms with Crippen molar-refractivity contribution >= 4 is 27.4 Å². The molecule has 0 bridgehead atoms. The van der Waals surface area contributed by atoms with E-state index in [9.17, 15) is 0 Å². The number of aromatic amines is 1. The molecule has 4 nitrogen and oxygen atoms in total. The number of rotatable bonds is 2. The number of nitrogen functional groups attached to an aromatic ring is 1. The second kappa shape index (κ2) is 4.96. The number of anilines is 1. The van der Waals surface area contributed by atoms with Gasteiger partial charge in [0.05, 0.1) is 21.5 Å². The molecule has 2 aromatic carbocycles. The molecule has 108 valence electrons. The molecule has 0 saturated carbocycles.